The van der Waals surface area contributed by atoms with Crippen molar-refractivity contribution in [2.45, 2.75) is 4.90 Å². The smallest absolute Gasteiger partial charge is 0.265 e. The molecule has 6 heteroatoms. The Bertz CT molecular complexity index is 835. The van der Waals surface area contributed by atoms with Gasteiger partial charge in [0.15, 0.2) is 0 Å². The Morgan fingerprint density at radius 3 is 2.79 bits per heavy atom. The highest BCUT2D eigenvalue weighted by atomic mass is 79.9. The van der Waals surface area contributed by atoms with Gasteiger partial charge in [-0.3, -0.25) is 14.5 Å². The largest absolute Gasteiger partial charge is 0.358 e. The van der Waals surface area contributed by atoms with Crippen molar-refractivity contribution in [3.05, 3.63) is 63.5 Å². The Kier molecular flexibility index (Phi) is 5.06. The zero-order chi connectivity index (χ0) is 17.1. The fourth-order valence-electron chi connectivity index (χ4n) is 2.39. The van der Waals surface area contributed by atoms with Gasteiger partial charge in [-0.15, -0.1) is 0 Å². The molecule has 3 rings (SSSR count). The molecular formula is C18H15BrN2O2S. The Hall–Kier alpha value is -2.05. The van der Waals surface area contributed by atoms with E-state index < -0.39 is 0 Å². The highest BCUT2D eigenvalue weighted by molar-refractivity contribution is 9.10. The van der Waals surface area contributed by atoms with Gasteiger partial charge in [0.2, 0.25) is 5.91 Å². The Morgan fingerprint density at radius 2 is 2.04 bits per heavy atom. The Balaban J connectivity index is 2.01. The molecule has 0 fully saturated rings. The van der Waals surface area contributed by atoms with Gasteiger partial charge >= 0.3 is 0 Å². The average Bonchev–Trinajstić information content (AvgIpc) is 2.58. The van der Waals surface area contributed by atoms with Crippen molar-refractivity contribution in [3.8, 4) is 0 Å². The first-order valence-electron chi connectivity index (χ1n) is 7.35. The first kappa shape index (κ1) is 16.8. The van der Waals surface area contributed by atoms with Crippen molar-refractivity contribution in [2.24, 2.45) is 0 Å². The van der Waals surface area contributed by atoms with E-state index in [1.54, 1.807) is 7.05 Å². The number of hydrogen-bond donors (Lipinski definition) is 1. The fourth-order valence-corrected chi connectivity index (χ4v) is 3.87. The number of benzene rings is 2. The van der Waals surface area contributed by atoms with Crippen molar-refractivity contribution in [1.82, 2.24) is 5.32 Å². The van der Waals surface area contributed by atoms with Crippen molar-refractivity contribution in [3.63, 3.8) is 0 Å². The number of nitrogens with zero attached hydrogens (tertiary/aromatic N) is 1. The number of fused-ring (bicyclic) bond motifs is 1. The lowest BCUT2D eigenvalue weighted by Crippen LogP contribution is -2.41. The summed E-state index contributed by atoms with van der Waals surface area (Å²) in [5, 5.41) is 2.57. The van der Waals surface area contributed by atoms with E-state index in [1.807, 2.05) is 54.6 Å². The van der Waals surface area contributed by atoms with Gasteiger partial charge in [-0.05, 0) is 35.9 Å². The summed E-state index contributed by atoms with van der Waals surface area (Å²) < 4.78 is 0.952. The molecule has 1 aliphatic heterocycles. The predicted octanol–water partition coefficient (Wildman–Crippen LogP) is 3.67. The van der Waals surface area contributed by atoms with Crippen LogP contribution in [0.1, 0.15) is 5.56 Å². The number of anilines is 1. The molecule has 122 valence electrons. The van der Waals surface area contributed by atoms with Gasteiger partial charge in [-0.1, -0.05) is 52.0 Å². The maximum absolute atomic E-state index is 12.9. The Morgan fingerprint density at radius 1 is 1.25 bits per heavy atom. The van der Waals surface area contributed by atoms with Crippen molar-refractivity contribution in [2.75, 3.05) is 18.5 Å². The molecule has 0 unspecified atom stereocenters. The van der Waals surface area contributed by atoms with Gasteiger partial charge in [-0.2, -0.15) is 0 Å². The van der Waals surface area contributed by atoms with Crippen LogP contribution in [0.5, 0.6) is 0 Å². The topological polar surface area (TPSA) is 49.4 Å². The van der Waals surface area contributed by atoms with E-state index in [0.29, 0.717) is 4.91 Å². The molecule has 24 heavy (non-hydrogen) atoms. The number of carbonyl (C=O) groups is 2. The molecular weight excluding hydrogens is 388 g/mol. The van der Waals surface area contributed by atoms with Crippen LogP contribution in [0.2, 0.25) is 0 Å². The number of halogens is 1. The van der Waals surface area contributed by atoms with E-state index in [4.69, 9.17) is 0 Å². The number of carbonyl (C=O) groups excluding carboxylic acids is 2. The molecule has 2 aromatic carbocycles. The van der Waals surface area contributed by atoms with Gasteiger partial charge in [0.1, 0.15) is 6.54 Å². The summed E-state index contributed by atoms with van der Waals surface area (Å²) in [5.41, 5.74) is 1.70. The summed E-state index contributed by atoms with van der Waals surface area (Å²) >= 11 is 4.86. The molecule has 0 saturated heterocycles. The van der Waals surface area contributed by atoms with Gasteiger partial charge in [0.05, 0.1) is 10.6 Å². The minimum Gasteiger partial charge on any atom is -0.358 e. The molecule has 0 saturated carbocycles. The second-order valence-electron chi connectivity index (χ2n) is 5.20. The van der Waals surface area contributed by atoms with Crippen LogP contribution in [0, 0.1) is 0 Å². The number of thioether (sulfide) groups is 1. The van der Waals surface area contributed by atoms with E-state index in [-0.39, 0.29) is 18.4 Å². The van der Waals surface area contributed by atoms with Crippen LogP contribution in [0.4, 0.5) is 5.69 Å². The third kappa shape index (κ3) is 3.55. The van der Waals surface area contributed by atoms with Crippen molar-refractivity contribution >= 4 is 51.3 Å². The predicted molar refractivity (Wildman–Crippen MR) is 101 cm³/mol. The molecule has 0 atom stereocenters. The molecule has 2 aromatic rings. The van der Waals surface area contributed by atoms with Crippen LogP contribution >= 0.6 is 27.7 Å². The summed E-state index contributed by atoms with van der Waals surface area (Å²) in [6.07, 6.45) is 1.85. The number of para-hydroxylation sites is 1. The number of amides is 2. The van der Waals surface area contributed by atoms with Gasteiger partial charge in [0.25, 0.3) is 5.91 Å². The molecule has 0 radical (unpaired) electrons. The number of rotatable bonds is 3. The van der Waals surface area contributed by atoms with E-state index in [1.165, 1.54) is 16.7 Å². The lowest BCUT2D eigenvalue weighted by Gasteiger charge is -2.29. The summed E-state index contributed by atoms with van der Waals surface area (Å²) in [4.78, 5) is 27.8. The molecule has 0 aliphatic carbocycles. The second kappa shape index (κ2) is 7.23. The molecule has 1 heterocycles. The van der Waals surface area contributed by atoms with Crippen LogP contribution in [0.25, 0.3) is 6.08 Å². The zero-order valence-electron chi connectivity index (χ0n) is 13.0. The summed E-state index contributed by atoms with van der Waals surface area (Å²) in [7, 11) is 1.57. The first-order chi connectivity index (χ1) is 11.6. The lowest BCUT2D eigenvalue weighted by atomic mass is 10.2. The van der Waals surface area contributed by atoms with E-state index >= 15 is 0 Å². The normalized spacial score (nSPS) is 15.3. The highest BCUT2D eigenvalue weighted by Crippen LogP contribution is 2.41. The maximum Gasteiger partial charge on any atom is 0.265 e. The van der Waals surface area contributed by atoms with Crippen LogP contribution in [0.15, 0.2) is 62.8 Å². The van der Waals surface area contributed by atoms with Gasteiger partial charge < -0.3 is 5.32 Å². The molecule has 1 aliphatic rings. The number of nitrogens with one attached hydrogen (secondary N) is 1. The maximum atomic E-state index is 12.9. The molecule has 0 aromatic heterocycles. The Labute approximate surface area is 153 Å². The summed E-state index contributed by atoms with van der Waals surface area (Å²) in [5.74, 6) is -0.367. The quantitative estimate of drug-likeness (QED) is 0.796. The highest BCUT2D eigenvalue weighted by Gasteiger charge is 2.30. The minimum atomic E-state index is -0.202. The minimum absolute atomic E-state index is 0.00271. The van der Waals surface area contributed by atoms with Crippen LogP contribution in [-0.2, 0) is 9.59 Å². The third-order valence-corrected chi connectivity index (χ3v) is 5.13. The zero-order valence-corrected chi connectivity index (χ0v) is 15.4. The number of hydrogen-bond acceptors (Lipinski definition) is 3. The molecule has 4 nitrogen and oxygen atoms in total. The average molecular weight is 403 g/mol. The van der Waals surface area contributed by atoms with Crippen LogP contribution < -0.4 is 10.2 Å². The van der Waals surface area contributed by atoms with Gasteiger partial charge in [0, 0.05) is 16.4 Å². The molecule has 0 spiro atoms. The van der Waals surface area contributed by atoms with Crippen molar-refractivity contribution < 1.29 is 9.59 Å². The second-order valence-corrected chi connectivity index (χ2v) is 7.20. The van der Waals surface area contributed by atoms with Crippen LogP contribution in [-0.4, -0.2) is 25.4 Å². The first-order valence-corrected chi connectivity index (χ1v) is 8.96. The van der Waals surface area contributed by atoms with E-state index in [9.17, 15) is 9.59 Å². The molecule has 0 bridgehead atoms. The van der Waals surface area contributed by atoms with Crippen LogP contribution in [0.3, 0.4) is 0 Å². The lowest BCUT2D eigenvalue weighted by molar-refractivity contribution is -0.122. The van der Waals surface area contributed by atoms with Crippen molar-refractivity contribution in [1.29, 1.82) is 0 Å². The fraction of sp³-hybridized carbons (Fsp3) is 0.111. The van der Waals surface area contributed by atoms with E-state index in [2.05, 4.69) is 21.2 Å². The number of likely N-dealkylation sites (N-methyl/N-ethyl adjacent to an activating group) is 1. The SMILES string of the molecule is CNC(=O)CN1C(=O)C(=Cc2cccc(Br)c2)Sc2ccccc21. The summed E-state index contributed by atoms with van der Waals surface area (Å²) in [6.45, 7) is 0.00271. The molecule has 1 N–H and O–H groups in total. The standard InChI is InChI=1S/C18H15BrN2O2S/c1-20-17(22)11-21-14-7-2-3-8-15(14)24-16(18(21)23)10-12-5-4-6-13(19)9-12/h2-10H,11H2,1H3,(H,20,22). The summed E-state index contributed by atoms with van der Waals surface area (Å²) in [6, 6.07) is 15.4. The third-order valence-electron chi connectivity index (χ3n) is 3.56. The molecule has 2 amide bonds. The monoisotopic (exact) mass is 402 g/mol. The van der Waals surface area contributed by atoms with E-state index in [0.717, 1.165) is 20.6 Å². The van der Waals surface area contributed by atoms with Gasteiger partial charge in [-0.25, -0.2) is 0 Å².